The molecule has 1 aromatic heterocycles. The molecule has 0 amide bonds. The maximum atomic E-state index is 11.1. The molecule has 0 bridgehead atoms. The van der Waals surface area contributed by atoms with E-state index >= 15 is 0 Å². The summed E-state index contributed by atoms with van der Waals surface area (Å²) in [5.41, 5.74) is 0.266. The van der Waals surface area contributed by atoms with Crippen LogP contribution in [0.15, 0.2) is 28.9 Å². The molecule has 25 heavy (non-hydrogen) atoms. The molecular formula is C16H17BrN4O4. The van der Waals surface area contributed by atoms with Gasteiger partial charge in [-0.25, -0.2) is 9.78 Å². The van der Waals surface area contributed by atoms with Gasteiger partial charge in [-0.05, 0) is 47.0 Å². The van der Waals surface area contributed by atoms with Gasteiger partial charge in [0.1, 0.15) is 23.4 Å². The van der Waals surface area contributed by atoms with E-state index in [1.165, 1.54) is 12.1 Å². The molecule has 8 nitrogen and oxygen atoms in total. The van der Waals surface area contributed by atoms with Crippen molar-refractivity contribution in [3.8, 4) is 5.75 Å². The van der Waals surface area contributed by atoms with E-state index in [4.69, 9.17) is 9.84 Å². The number of hydrogen-bond acceptors (Lipinski definition) is 7. The van der Waals surface area contributed by atoms with Gasteiger partial charge in [0.15, 0.2) is 0 Å². The van der Waals surface area contributed by atoms with Crippen molar-refractivity contribution in [2.24, 2.45) is 0 Å². The Morgan fingerprint density at radius 3 is 2.96 bits per heavy atom. The number of anilines is 3. The third-order valence-electron chi connectivity index (χ3n) is 3.88. The number of carboxylic acid groups (broad SMARTS) is 1. The smallest absolute Gasteiger partial charge is 0.339 e. The minimum Gasteiger partial charge on any atom is -0.507 e. The van der Waals surface area contributed by atoms with Gasteiger partial charge in [0.05, 0.1) is 4.47 Å². The molecule has 1 aliphatic rings. The van der Waals surface area contributed by atoms with E-state index in [-0.39, 0.29) is 17.5 Å². The average Bonchev–Trinajstić information content (AvgIpc) is 3.12. The van der Waals surface area contributed by atoms with Crippen LogP contribution in [0, 0.1) is 0 Å². The number of nitrogens with one attached hydrogen (secondary N) is 1. The number of halogens is 1. The highest BCUT2D eigenvalue weighted by atomic mass is 79.9. The van der Waals surface area contributed by atoms with E-state index in [2.05, 4.69) is 31.2 Å². The fraction of sp³-hybridized carbons (Fsp3) is 0.312. The maximum Gasteiger partial charge on any atom is 0.339 e. The lowest BCUT2D eigenvalue weighted by atomic mass is 10.2. The molecule has 0 spiro atoms. The minimum atomic E-state index is -1.21. The summed E-state index contributed by atoms with van der Waals surface area (Å²) in [5.74, 6) is -0.531. The summed E-state index contributed by atoms with van der Waals surface area (Å²) < 4.78 is 6.40. The molecular weight excluding hydrogens is 392 g/mol. The Balaban J connectivity index is 1.85. The van der Waals surface area contributed by atoms with E-state index in [1.54, 1.807) is 12.3 Å². The Hall–Kier alpha value is -2.39. The zero-order valence-corrected chi connectivity index (χ0v) is 15.0. The zero-order valence-electron chi connectivity index (χ0n) is 13.4. The van der Waals surface area contributed by atoms with Crippen LogP contribution >= 0.6 is 15.9 Å². The SMILES string of the molecule is CN(c1nc(Nc2ccc(O)c(C(=O)O)c2)ncc1Br)C1CCCO1. The van der Waals surface area contributed by atoms with Crippen molar-refractivity contribution in [3.05, 3.63) is 34.4 Å². The zero-order chi connectivity index (χ0) is 18.0. The normalized spacial score (nSPS) is 16.6. The minimum absolute atomic E-state index is 0.0358. The van der Waals surface area contributed by atoms with Gasteiger partial charge in [-0.2, -0.15) is 4.98 Å². The van der Waals surface area contributed by atoms with Gasteiger partial charge < -0.3 is 25.2 Å². The van der Waals surface area contributed by atoms with E-state index in [0.29, 0.717) is 17.5 Å². The Kier molecular flexibility index (Phi) is 5.05. The van der Waals surface area contributed by atoms with Crippen LogP contribution in [-0.4, -0.2) is 46.0 Å². The Labute approximate surface area is 152 Å². The van der Waals surface area contributed by atoms with Gasteiger partial charge in [-0.3, -0.25) is 0 Å². The summed E-state index contributed by atoms with van der Waals surface area (Å²) in [6, 6.07) is 4.19. The van der Waals surface area contributed by atoms with E-state index in [1.807, 2.05) is 11.9 Å². The predicted molar refractivity (Wildman–Crippen MR) is 95.5 cm³/mol. The number of ether oxygens (including phenoxy) is 1. The second kappa shape index (κ2) is 7.24. The molecule has 132 valence electrons. The lowest BCUT2D eigenvalue weighted by Gasteiger charge is -2.25. The molecule has 0 aliphatic carbocycles. The molecule has 1 atom stereocenters. The maximum absolute atomic E-state index is 11.1. The number of aromatic carboxylic acids is 1. The molecule has 0 radical (unpaired) electrons. The largest absolute Gasteiger partial charge is 0.507 e. The molecule has 2 aromatic rings. The van der Waals surface area contributed by atoms with Gasteiger partial charge >= 0.3 is 5.97 Å². The monoisotopic (exact) mass is 408 g/mol. The van der Waals surface area contributed by atoms with Gasteiger partial charge in [0.25, 0.3) is 0 Å². The molecule has 3 N–H and O–H groups in total. The van der Waals surface area contributed by atoms with Crippen molar-refractivity contribution in [3.63, 3.8) is 0 Å². The van der Waals surface area contributed by atoms with E-state index < -0.39 is 5.97 Å². The lowest BCUT2D eigenvalue weighted by molar-refractivity contribution is 0.0693. The molecule has 0 saturated carbocycles. The Bertz CT molecular complexity index is 796. The van der Waals surface area contributed by atoms with Crippen LogP contribution in [0.2, 0.25) is 0 Å². The van der Waals surface area contributed by atoms with Crippen LogP contribution in [0.5, 0.6) is 5.75 Å². The number of rotatable bonds is 5. The third-order valence-corrected chi connectivity index (χ3v) is 4.44. The summed E-state index contributed by atoms with van der Waals surface area (Å²) in [4.78, 5) is 21.7. The first-order valence-corrected chi connectivity index (χ1v) is 8.45. The molecule has 9 heteroatoms. The second-order valence-corrected chi connectivity index (χ2v) is 6.46. The van der Waals surface area contributed by atoms with Crippen molar-refractivity contribution in [1.29, 1.82) is 0 Å². The summed E-state index contributed by atoms with van der Waals surface area (Å²) in [6.07, 6.45) is 3.52. The number of benzene rings is 1. The van der Waals surface area contributed by atoms with Gasteiger partial charge in [0, 0.05) is 25.5 Å². The van der Waals surface area contributed by atoms with Crippen molar-refractivity contribution >= 4 is 39.4 Å². The first-order chi connectivity index (χ1) is 12.0. The van der Waals surface area contributed by atoms with Crippen LogP contribution in [0.25, 0.3) is 0 Å². The summed E-state index contributed by atoms with van der Waals surface area (Å²) in [5, 5.41) is 21.6. The molecule has 2 heterocycles. The first-order valence-electron chi connectivity index (χ1n) is 7.66. The van der Waals surface area contributed by atoms with Gasteiger partial charge in [-0.15, -0.1) is 0 Å². The van der Waals surface area contributed by atoms with Crippen LogP contribution < -0.4 is 10.2 Å². The lowest BCUT2D eigenvalue weighted by Crippen LogP contribution is -2.31. The first kappa shape index (κ1) is 17.4. The second-order valence-electron chi connectivity index (χ2n) is 5.61. The quantitative estimate of drug-likeness (QED) is 0.647. The van der Waals surface area contributed by atoms with Crippen molar-refractivity contribution in [2.75, 3.05) is 23.9 Å². The molecule has 1 aromatic carbocycles. The topological polar surface area (TPSA) is 108 Å². The number of carbonyl (C=O) groups is 1. The van der Waals surface area contributed by atoms with E-state index in [0.717, 1.165) is 23.9 Å². The van der Waals surface area contributed by atoms with Gasteiger partial charge in [-0.1, -0.05) is 0 Å². The highest BCUT2D eigenvalue weighted by Crippen LogP contribution is 2.29. The summed E-state index contributed by atoms with van der Waals surface area (Å²) in [7, 11) is 1.90. The average molecular weight is 409 g/mol. The fourth-order valence-corrected chi connectivity index (χ4v) is 3.05. The van der Waals surface area contributed by atoms with Crippen LogP contribution in [0.3, 0.4) is 0 Å². The Morgan fingerprint density at radius 1 is 1.48 bits per heavy atom. The number of aromatic hydroxyl groups is 1. The highest BCUT2D eigenvalue weighted by Gasteiger charge is 2.23. The molecule has 3 rings (SSSR count). The highest BCUT2D eigenvalue weighted by molar-refractivity contribution is 9.10. The molecule has 1 saturated heterocycles. The number of hydrogen-bond donors (Lipinski definition) is 3. The number of carboxylic acids is 1. The molecule has 1 aliphatic heterocycles. The van der Waals surface area contributed by atoms with E-state index in [9.17, 15) is 9.90 Å². The summed E-state index contributed by atoms with van der Waals surface area (Å²) >= 11 is 3.44. The number of phenols is 1. The van der Waals surface area contributed by atoms with Gasteiger partial charge in [0.2, 0.25) is 5.95 Å². The molecule has 1 fully saturated rings. The van der Waals surface area contributed by atoms with Crippen molar-refractivity contribution < 1.29 is 19.7 Å². The van der Waals surface area contributed by atoms with Crippen LogP contribution in [0.4, 0.5) is 17.5 Å². The predicted octanol–water partition coefficient (Wildman–Crippen LogP) is 2.96. The summed E-state index contributed by atoms with van der Waals surface area (Å²) in [6.45, 7) is 0.730. The van der Waals surface area contributed by atoms with Crippen LogP contribution in [0.1, 0.15) is 23.2 Å². The Morgan fingerprint density at radius 2 is 2.28 bits per heavy atom. The van der Waals surface area contributed by atoms with Crippen molar-refractivity contribution in [1.82, 2.24) is 9.97 Å². The third kappa shape index (κ3) is 3.83. The van der Waals surface area contributed by atoms with Crippen LogP contribution in [-0.2, 0) is 4.74 Å². The standard InChI is InChI=1S/C16H17BrN4O4/c1-21(13-3-2-6-25-13)14-11(17)8-18-16(20-14)19-9-4-5-12(22)10(7-9)15(23)24/h4-5,7-8,13,22H,2-3,6H2,1H3,(H,23,24)(H,18,19,20). The van der Waals surface area contributed by atoms with Crippen molar-refractivity contribution in [2.45, 2.75) is 19.1 Å². The number of aromatic nitrogens is 2. The number of nitrogens with zero attached hydrogens (tertiary/aromatic N) is 3. The molecule has 1 unspecified atom stereocenters. The fourth-order valence-electron chi connectivity index (χ4n) is 2.58.